The topological polar surface area (TPSA) is 0 Å². The third-order valence-electron chi connectivity index (χ3n) is 0. The summed E-state index contributed by atoms with van der Waals surface area (Å²) in [7, 11) is 0. The van der Waals surface area contributed by atoms with E-state index >= 15 is 0 Å². The van der Waals surface area contributed by atoms with Crippen molar-refractivity contribution >= 4 is 51.2 Å². The van der Waals surface area contributed by atoms with Gasteiger partial charge in [0.25, 0.3) is 0 Å². The van der Waals surface area contributed by atoms with E-state index in [0.717, 1.165) is 0 Å². The molecule has 1 unspecified atom stereocenters. The van der Waals surface area contributed by atoms with Crippen molar-refractivity contribution in [3.05, 3.63) is 0 Å². The van der Waals surface area contributed by atoms with Gasteiger partial charge in [0.15, 0.2) is 0 Å². The molecule has 0 radical (unpaired) electrons. The number of halogens is 1. The van der Waals surface area contributed by atoms with Gasteiger partial charge in [0, 0.05) is 0 Å². The number of hydrogen-bond acceptors (Lipinski definition) is 0. The molecule has 0 aliphatic heterocycles. The van der Waals surface area contributed by atoms with Crippen molar-refractivity contribution in [1.82, 2.24) is 0 Å². The molecule has 0 aliphatic rings. The van der Waals surface area contributed by atoms with Gasteiger partial charge >= 0.3 is 44.6 Å². The van der Waals surface area contributed by atoms with Gasteiger partial charge in [0.2, 0.25) is 0 Å². The minimum Gasteiger partial charge on any atom is 0.316 e. The van der Waals surface area contributed by atoms with Crippen LogP contribution < -0.4 is 0 Å². The van der Waals surface area contributed by atoms with Crippen molar-refractivity contribution < 1.29 is 3.38 Å². The Balaban J connectivity index is -0.00000000500. The molecule has 0 saturated carbocycles. The van der Waals surface area contributed by atoms with Crippen LogP contribution in [0.4, 0.5) is 3.38 Å². The first-order chi connectivity index (χ1) is 1.00. The molecule has 0 amide bonds. The smallest absolute Gasteiger partial charge is 0.316 e. The fourth-order valence-corrected chi connectivity index (χ4v) is 0. The molecule has 0 heterocycles. The Morgan fingerprint density at radius 3 is 1.25 bits per heavy atom. The Kier molecular flexibility index (Phi) is 94.9. The molecule has 0 aliphatic carbocycles. The Labute approximate surface area is 54.4 Å². The first-order valence-electron chi connectivity index (χ1n) is 0.378. The van der Waals surface area contributed by atoms with Crippen LogP contribution in [-0.2, 0) is 0 Å². The average Bonchev–Trinajstić information content (AvgIpc) is 1.00. The van der Waals surface area contributed by atoms with Crippen LogP contribution in [0.1, 0.15) is 0 Å². The van der Waals surface area contributed by atoms with E-state index in [1.807, 2.05) is 0 Å². The molecule has 0 rings (SSSR count). The van der Waals surface area contributed by atoms with E-state index in [-0.39, 0.29) is 33.0 Å². The molecule has 1 atom stereocenters. The van der Waals surface area contributed by atoms with Crippen LogP contribution in [0.25, 0.3) is 0 Å². The summed E-state index contributed by atoms with van der Waals surface area (Å²) in [5.41, 5.74) is 0. The minimum atomic E-state index is 0. The average molecular weight is 86.3 g/mol. The van der Waals surface area contributed by atoms with Crippen molar-refractivity contribution in [3.8, 4) is 0 Å². The predicted octanol–water partition coefficient (Wildman–Crippen LogP) is -0.819. The molecule has 0 saturated heterocycles. The summed E-state index contributed by atoms with van der Waals surface area (Å²) in [4.78, 5) is 0. The molecule has 0 aromatic carbocycles. The second-order valence-electron chi connectivity index (χ2n) is 0. The monoisotopic (exact) mass is 86.0 g/mol. The molecule has 0 N–H and O–H groups in total. The van der Waals surface area contributed by atoms with Gasteiger partial charge < -0.3 is 0 Å². The molecule has 0 bridgehead atoms. The minimum absolute atomic E-state index is 0. The summed E-state index contributed by atoms with van der Waals surface area (Å²) < 4.78 is 9.50. The van der Waals surface area contributed by atoms with E-state index in [1.165, 1.54) is 0 Å². The van der Waals surface area contributed by atoms with Gasteiger partial charge in [0.05, 0.1) is 0 Å². The van der Waals surface area contributed by atoms with Crippen molar-refractivity contribution in [1.29, 1.82) is 0 Å². The van der Waals surface area contributed by atoms with Gasteiger partial charge in [0.1, 0.15) is 0 Å². The van der Waals surface area contributed by atoms with Crippen LogP contribution in [0.15, 0.2) is 0 Å². The summed E-state index contributed by atoms with van der Waals surface area (Å²) in [5.74, 6) is 0. The fourth-order valence-electron chi connectivity index (χ4n) is 0. The van der Waals surface area contributed by atoms with E-state index < -0.39 is 0 Å². The van der Waals surface area contributed by atoms with Crippen LogP contribution in [0.2, 0.25) is 0 Å². The van der Waals surface area contributed by atoms with E-state index in [9.17, 15) is 3.38 Å². The van der Waals surface area contributed by atoms with Gasteiger partial charge in [-0.05, 0) is 0 Å². The number of hydrogen-bond donors (Lipinski definition) is 0. The van der Waals surface area contributed by atoms with E-state index in [4.69, 9.17) is 0 Å². The SMILES string of the molecule is P.[Li][F].[MgH2]. The number of rotatable bonds is 0. The van der Waals surface area contributed by atoms with Gasteiger partial charge in [-0.15, -0.1) is 0 Å². The van der Waals surface area contributed by atoms with Crippen LogP contribution >= 0.6 is 9.90 Å². The van der Waals surface area contributed by atoms with E-state index in [2.05, 4.69) is 0 Å². The third kappa shape index (κ3) is 9.30. The van der Waals surface area contributed by atoms with Crippen LogP contribution in [0.5, 0.6) is 0 Å². The summed E-state index contributed by atoms with van der Waals surface area (Å²) in [6.07, 6.45) is 0. The maximum Gasteiger partial charge on any atom is 0.316 e. The second-order valence-corrected chi connectivity index (χ2v) is 0. The molecular formula is H5FLiMgP. The van der Waals surface area contributed by atoms with Crippen LogP contribution in [0, 0.1) is 0 Å². The molecule has 4 heteroatoms. The van der Waals surface area contributed by atoms with Crippen molar-refractivity contribution in [2.75, 3.05) is 0 Å². The molecule has 0 nitrogen and oxygen atoms in total. The summed E-state index contributed by atoms with van der Waals surface area (Å²) in [6.45, 7) is 0. The largest absolute Gasteiger partial charge is 0.316 e. The Bertz CT molecular complexity index is 8.00. The molecule has 0 fully saturated rings. The third-order valence-corrected chi connectivity index (χ3v) is 0. The summed E-state index contributed by atoms with van der Waals surface area (Å²) in [5, 5.41) is 0. The zero-order valence-electron chi connectivity index (χ0n) is 2.09. The predicted molar refractivity (Wildman–Crippen MR) is 26.5 cm³/mol. The summed E-state index contributed by atoms with van der Waals surface area (Å²) >= 11 is 0.500. The fraction of sp³-hybridized carbons (Fsp3) is 0. The molecule has 0 spiro atoms. The van der Waals surface area contributed by atoms with E-state index in [0.29, 0.717) is 18.2 Å². The Hall–Kier alpha value is 1.72. The molecular weight excluding hydrogens is 81.2 g/mol. The first kappa shape index (κ1) is 17.2. The first-order valence-corrected chi connectivity index (χ1v) is 0.378. The van der Waals surface area contributed by atoms with Crippen molar-refractivity contribution in [2.24, 2.45) is 0 Å². The zero-order valence-corrected chi connectivity index (χ0v) is 3.50. The standard InChI is InChI=1S/FH.Li.Mg.H3P.2H/h1H;;;1H3;;/q;+1;;;;/p-1. The van der Waals surface area contributed by atoms with Gasteiger partial charge in [-0.25, -0.2) is 0 Å². The molecule has 0 aromatic rings. The van der Waals surface area contributed by atoms with Crippen LogP contribution in [0.3, 0.4) is 0 Å². The molecule has 0 aromatic heterocycles. The van der Waals surface area contributed by atoms with Gasteiger partial charge in [-0.1, -0.05) is 0 Å². The van der Waals surface area contributed by atoms with Crippen LogP contribution in [-0.4, -0.2) is 41.3 Å². The van der Waals surface area contributed by atoms with Crippen molar-refractivity contribution in [2.45, 2.75) is 0 Å². The molecule has 20 valence electrons. The quantitative estimate of drug-likeness (QED) is 0.267. The maximum absolute atomic E-state index is 9.50. The van der Waals surface area contributed by atoms with E-state index in [1.54, 1.807) is 0 Å². The van der Waals surface area contributed by atoms with Gasteiger partial charge in [-0.2, -0.15) is 9.90 Å². The maximum atomic E-state index is 9.50. The zero-order chi connectivity index (χ0) is 2.00. The molecule has 4 heavy (non-hydrogen) atoms. The Morgan fingerprint density at radius 2 is 1.25 bits per heavy atom. The van der Waals surface area contributed by atoms with Gasteiger partial charge in [-0.3, -0.25) is 0 Å². The van der Waals surface area contributed by atoms with Crippen molar-refractivity contribution in [3.63, 3.8) is 0 Å². The Morgan fingerprint density at radius 1 is 1.25 bits per heavy atom. The summed E-state index contributed by atoms with van der Waals surface area (Å²) in [6, 6.07) is 0. The normalized spacial score (nSPS) is 1.75. The second kappa shape index (κ2) is 22.0.